The average Bonchev–Trinajstić information content (AvgIpc) is 2.82. The highest BCUT2D eigenvalue weighted by atomic mass is 35.5. The molecule has 0 amide bonds. The highest BCUT2D eigenvalue weighted by molar-refractivity contribution is 6.30. The van der Waals surface area contributed by atoms with Crippen LogP contribution in [0.3, 0.4) is 0 Å². The molecule has 1 aliphatic heterocycles. The number of nitrogens with one attached hydrogen (secondary N) is 1. The fraction of sp³-hybridized carbons (Fsp3) is 0.167. The molecule has 2 aromatic rings. The molecule has 0 spiro atoms. The molecule has 0 saturated carbocycles. The molecule has 1 aliphatic rings. The summed E-state index contributed by atoms with van der Waals surface area (Å²) in [4.78, 5) is 0. The number of fused-ring (bicyclic) bond motifs is 1. The van der Waals surface area contributed by atoms with E-state index in [4.69, 9.17) is 20.8 Å². The van der Waals surface area contributed by atoms with Crippen molar-refractivity contribution in [2.24, 2.45) is 0 Å². The van der Waals surface area contributed by atoms with Crippen molar-refractivity contribution >= 4 is 17.3 Å². The largest absolute Gasteiger partial charge is 0.478 e. The standard InChI is InChI=1S/C12H10ClNO2/c13-8-3-4-10-9(6-8)14-7-12(16-10)11-2-1-5-15-11/h1-6,12,14H,7H2. The Kier molecular flexibility index (Phi) is 2.26. The zero-order valence-corrected chi connectivity index (χ0v) is 9.20. The van der Waals surface area contributed by atoms with Crippen molar-refractivity contribution in [3.63, 3.8) is 0 Å². The normalized spacial score (nSPS) is 18.4. The Morgan fingerprint density at radius 3 is 3.06 bits per heavy atom. The van der Waals surface area contributed by atoms with Gasteiger partial charge in [0.15, 0.2) is 6.10 Å². The lowest BCUT2D eigenvalue weighted by atomic mass is 10.2. The topological polar surface area (TPSA) is 34.4 Å². The Morgan fingerprint density at radius 2 is 2.25 bits per heavy atom. The van der Waals surface area contributed by atoms with E-state index in [1.54, 1.807) is 6.26 Å². The summed E-state index contributed by atoms with van der Waals surface area (Å²) in [6, 6.07) is 9.30. The molecule has 0 saturated heterocycles. The minimum atomic E-state index is -0.0799. The molecule has 3 rings (SSSR count). The summed E-state index contributed by atoms with van der Waals surface area (Å²) in [6.45, 7) is 0.681. The second-order valence-corrected chi connectivity index (χ2v) is 4.08. The molecule has 16 heavy (non-hydrogen) atoms. The smallest absolute Gasteiger partial charge is 0.173 e. The van der Waals surface area contributed by atoms with Crippen molar-refractivity contribution in [3.8, 4) is 5.75 Å². The third kappa shape index (κ3) is 1.63. The van der Waals surface area contributed by atoms with Crippen molar-refractivity contribution in [3.05, 3.63) is 47.4 Å². The predicted molar refractivity (Wildman–Crippen MR) is 62.0 cm³/mol. The van der Waals surface area contributed by atoms with Gasteiger partial charge in [-0.2, -0.15) is 0 Å². The molecule has 2 heterocycles. The van der Waals surface area contributed by atoms with Crippen molar-refractivity contribution in [1.29, 1.82) is 0 Å². The number of anilines is 1. The molecular formula is C12H10ClNO2. The first-order valence-electron chi connectivity index (χ1n) is 5.06. The van der Waals surface area contributed by atoms with Gasteiger partial charge >= 0.3 is 0 Å². The van der Waals surface area contributed by atoms with Gasteiger partial charge in [0, 0.05) is 5.02 Å². The number of hydrogen-bond donors (Lipinski definition) is 1. The summed E-state index contributed by atoms with van der Waals surface area (Å²) in [5.41, 5.74) is 0.926. The van der Waals surface area contributed by atoms with Gasteiger partial charge in [0.25, 0.3) is 0 Å². The molecule has 1 N–H and O–H groups in total. The maximum absolute atomic E-state index is 5.90. The van der Waals surface area contributed by atoms with E-state index < -0.39 is 0 Å². The lowest BCUT2D eigenvalue weighted by Crippen LogP contribution is -2.23. The van der Waals surface area contributed by atoms with Crippen molar-refractivity contribution in [2.75, 3.05) is 11.9 Å². The van der Waals surface area contributed by atoms with Crippen LogP contribution in [0.2, 0.25) is 5.02 Å². The Balaban J connectivity index is 1.89. The van der Waals surface area contributed by atoms with Gasteiger partial charge in [-0.05, 0) is 30.3 Å². The number of furan rings is 1. The molecule has 4 heteroatoms. The summed E-state index contributed by atoms with van der Waals surface area (Å²) in [6.07, 6.45) is 1.57. The monoisotopic (exact) mass is 235 g/mol. The molecule has 1 unspecified atom stereocenters. The third-order valence-electron chi connectivity index (χ3n) is 2.55. The molecule has 3 nitrogen and oxygen atoms in total. The van der Waals surface area contributed by atoms with Crippen LogP contribution in [0.5, 0.6) is 5.75 Å². The fourth-order valence-electron chi connectivity index (χ4n) is 1.77. The van der Waals surface area contributed by atoms with Crippen LogP contribution in [0.15, 0.2) is 41.0 Å². The van der Waals surface area contributed by atoms with E-state index in [-0.39, 0.29) is 6.10 Å². The first-order valence-corrected chi connectivity index (χ1v) is 5.44. The SMILES string of the molecule is Clc1ccc2c(c1)NCC(c1ccco1)O2. The van der Waals surface area contributed by atoms with Gasteiger partial charge in [-0.25, -0.2) is 0 Å². The van der Waals surface area contributed by atoms with Crippen LogP contribution in [-0.4, -0.2) is 6.54 Å². The minimum Gasteiger partial charge on any atom is -0.478 e. The van der Waals surface area contributed by atoms with Crippen LogP contribution < -0.4 is 10.1 Å². The molecule has 1 aromatic carbocycles. The molecule has 0 fully saturated rings. The lowest BCUT2D eigenvalue weighted by molar-refractivity contribution is 0.181. The Bertz CT molecular complexity index is 496. The van der Waals surface area contributed by atoms with E-state index >= 15 is 0 Å². The highest BCUT2D eigenvalue weighted by Crippen LogP contribution is 2.35. The molecule has 82 valence electrons. The maximum Gasteiger partial charge on any atom is 0.173 e. The first-order chi connectivity index (χ1) is 7.83. The van der Waals surface area contributed by atoms with Crippen molar-refractivity contribution in [2.45, 2.75) is 6.10 Å². The molecule has 0 radical (unpaired) electrons. The summed E-state index contributed by atoms with van der Waals surface area (Å²) in [5, 5.41) is 3.97. The molecular weight excluding hydrogens is 226 g/mol. The number of ether oxygens (including phenoxy) is 1. The molecule has 1 aromatic heterocycles. The summed E-state index contributed by atoms with van der Waals surface area (Å²) in [7, 11) is 0. The van der Waals surface area contributed by atoms with Crippen molar-refractivity contribution in [1.82, 2.24) is 0 Å². The Morgan fingerprint density at radius 1 is 1.31 bits per heavy atom. The average molecular weight is 236 g/mol. The summed E-state index contributed by atoms with van der Waals surface area (Å²) in [5.74, 6) is 1.63. The Hall–Kier alpha value is -1.61. The predicted octanol–water partition coefficient (Wildman–Crippen LogP) is 3.48. The second kappa shape index (κ2) is 3.76. The van der Waals surface area contributed by atoms with Gasteiger partial charge < -0.3 is 14.5 Å². The third-order valence-corrected chi connectivity index (χ3v) is 2.78. The number of halogens is 1. The first kappa shape index (κ1) is 9.60. The number of rotatable bonds is 1. The lowest BCUT2D eigenvalue weighted by Gasteiger charge is -2.26. The van der Waals surface area contributed by atoms with E-state index in [9.17, 15) is 0 Å². The van der Waals surface area contributed by atoms with Gasteiger partial charge in [0.05, 0.1) is 18.5 Å². The van der Waals surface area contributed by atoms with Crippen LogP contribution in [0, 0.1) is 0 Å². The highest BCUT2D eigenvalue weighted by Gasteiger charge is 2.22. The molecule has 0 bridgehead atoms. The van der Waals surface area contributed by atoms with E-state index in [1.807, 2.05) is 30.3 Å². The summed E-state index contributed by atoms with van der Waals surface area (Å²) >= 11 is 5.90. The fourth-order valence-corrected chi connectivity index (χ4v) is 1.95. The molecule has 1 atom stereocenters. The Labute approximate surface area is 98.0 Å². The van der Waals surface area contributed by atoms with Crippen LogP contribution >= 0.6 is 11.6 Å². The maximum atomic E-state index is 5.90. The van der Waals surface area contributed by atoms with E-state index in [0.717, 1.165) is 17.2 Å². The second-order valence-electron chi connectivity index (χ2n) is 3.64. The van der Waals surface area contributed by atoms with Gasteiger partial charge in [-0.1, -0.05) is 11.6 Å². The number of benzene rings is 1. The van der Waals surface area contributed by atoms with Crippen LogP contribution in [0.1, 0.15) is 11.9 Å². The van der Waals surface area contributed by atoms with E-state index in [0.29, 0.717) is 11.6 Å². The van der Waals surface area contributed by atoms with Gasteiger partial charge in [-0.15, -0.1) is 0 Å². The zero-order chi connectivity index (χ0) is 11.0. The van der Waals surface area contributed by atoms with Gasteiger partial charge in [0.2, 0.25) is 0 Å². The quantitative estimate of drug-likeness (QED) is 0.822. The minimum absolute atomic E-state index is 0.0799. The summed E-state index contributed by atoms with van der Waals surface area (Å²) < 4.78 is 11.1. The molecule has 0 aliphatic carbocycles. The van der Waals surface area contributed by atoms with Gasteiger partial charge in [0.1, 0.15) is 11.5 Å². The van der Waals surface area contributed by atoms with Crippen molar-refractivity contribution < 1.29 is 9.15 Å². The van der Waals surface area contributed by atoms with E-state index in [2.05, 4.69) is 5.32 Å². The number of hydrogen-bond acceptors (Lipinski definition) is 3. The van der Waals surface area contributed by atoms with E-state index in [1.165, 1.54) is 0 Å². The van der Waals surface area contributed by atoms with Crippen LogP contribution in [0.25, 0.3) is 0 Å². The van der Waals surface area contributed by atoms with Crippen LogP contribution in [-0.2, 0) is 0 Å². The zero-order valence-electron chi connectivity index (χ0n) is 8.44. The van der Waals surface area contributed by atoms with Gasteiger partial charge in [-0.3, -0.25) is 0 Å². The van der Waals surface area contributed by atoms with Crippen LogP contribution in [0.4, 0.5) is 5.69 Å².